The van der Waals surface area contributed by atoms with Gasteiger partial charge in [-0.05, 0) is 91.1 Å². The van der Waals surface area contributed by atoms with Crippen LogP contribution in [0.15, 0.2) is 58.5 Å². The summed E-state index contributed by atoms with van der Waals surface area (Å²) in [6.45, 7) is 11.4. The van der Waals surface area contributed by atoms with Crippen molar-refractivity contribution >= 4 is 23.3 Å². The Morgan fingerprint density at radius 3 is 1.12 bits per heavy atom. The van der Waals surface area contributed by atoms with Gasteiger partial charge in [0.1, 0.15) is 0 Å². The predicted octanol–water partition coefficient (Wildman–Crippen LogP) is 19.1. The van der Waals surface area contributed by atoms with E-state index in [-0.39, 0.29) is 0 Å². The Labute approximate surface area is 362 Å². The number of allylic oxidation sites excluding steroid dienone is 2. The molecule has 2 aromatic carbocycles. The number of rotatable bonds is 39. The minimum atomic E-state index is 0.940. The molecular formula is C56H94N2. The minimum absolute atomic E-state index is 0.940. The van der Waals surface area contributed by atoms with Crippen LogP contribution in [0.1, 0.15) is 256 Å². The molecule has 0 fully saturated rings. The lowest BCUT2D eigenvalue weighted by atomic mass is 9.99. The van der Waals surface area contributed by atoms with Crippen molar-refractivity contribution in [3.05, 3.63) is 70.8 Å². The molecule has 0 unspecified atom stereocenters. The maximum atomic E-state index is 5.14. The molecular weight excluding hydrogens is 701 g/mol. The lowest BCUT2D eigenvalue weighted by Gasteiger charge is -2.09. The van der Waals surface area contributed by atoms with Crippen LogP contribution in [-0.4, -0.2) is 11.9 Å². The van der Waals surface area contributed by atoms with Crippen LogP contribution in [0, 0.1) is 0 Å². The van der Waals surface area contributed by atoms with Crippen molar-refractivity contribution in [1.29, 1.82) is 0 Å². The van der Waals surface area contributed by atoms with Gasteiger partial charge in [-0.15, -0.1) is 0 Å². The summed E-state index contributed by atoms with van der Waals surface area (Å²) in [4.78, 5) is 10.1. The Morgan fingerprint density at radius 1 is 0.379 bits per heavy atom. The molecule has 0 N–H and O–H groups in total. The largest absolute Gasteiger partial charge is 0.255 e. The van der Waals surface area contributed by atoms with E-state index in [0.29, 0.717) is 0 Å². The SMILES string of the molecule is CCCCCCCCCCCCCCCCCCCCCCCCCCCC/C=C/C(C=Nc1ccc(CCC)c(CCC)c1)=Nc1ccc(CCC)c(CCC)c1. The number of nitrogens with zero attached hydrogens (tertiary/aromatic N) is 2. The molecule has 0 radical (unpaired) electrons. The van der Waals surface area contributed by atoms with Crippen LogP contribution in [0.2, 0.25) is 0 Å². The molecule has 0 aliphatic rings. The Kier molecular flexibility index (Phi) is 33.4. The first kappa shape index (κ1) is 51.7. The molecule has 2 aromatic rings. The first-order valence-electron chi connectivity index (χ1n) is 25.7. The Hall–Kier alpha value is -2.48. The van der Waals surface area contributed by atoms with E-state index in [2.05, 4.69) is 83.2 Å². The lowest BCUT2D eigenvalue weighted by molar-refractivity contribution is 0.515. The molecule has 0 amide bonds. The highest BCUT2D eigenvalue weighted by Gasteiger charge is 2.06. The summed E-state index contributed by atoms with van der Waals surface area (Å²) in [5.74, 6) is 0. The monoisotopic (exact) mass is 795 g/mol. The van der Waals surface area contributed by atoms with Crippen molar-refractivity contribution < 1.29 is 0 Å². The van der Waals surface area contributed by atoms with Crippen molar-refractivity contribution in [2.75, 3.05) is 0 Å². The molecule has 0 aliphatic heterocycles. The quantitative estimate of drug-likeness (QED) is 0.0476. The van der Waals surface area contributed by atoms with E-state index in [1.165, 1.54) is 202 Å². The first-order valence-corrected chi connectivity index (χ1v) is 25.7. The summed E-state index contributed by atoms with van der Waals surface area (Å²) in [5.41, 5.74) is 8.87. The highest BCUT2D eigenvalue weighted by Crippen LogP contribution is 2.24. The minimum Gasteiger partial charge on any atom is -0.255 e. The number of hydrogen-bond acceptors (Lipinski definition) is 2. The predicted molar refractivity (Wildman–Crippen MR) is 264 cm³/mol. The first-order chi connectivity index (χ1) is 28.6. The second-order valence-corrected chi connectivity index (χ2v) is 17.7. The van der Waals surface area contributed by atoms with Gasteiger partial charge in [0.05, 0.1) is 23.3 Å². The van der Waals surface area contributed by atoms with Gasteiger partial charge in [0.25, 0.3) is 0 Å². The number of aryl methyl sites for hydroxylation is 4. The summed E-state index contributed by atoms with van der Waals surface area (Å²) in [7, 11) is 0. The lowest BCUT2D eigenvalue weighted by Crippen LogP contribution is -1.97. The van der Waals surface area contributed by atoms with Gasteiger partial charge in [0, 0.05) is 0 Å². The zero-order valence-corrected chi connectivity index (χ0v) is 39.3. The second kappa shape index (κ2) is 37.5. The zero-order valence-electron chi connectivity index (χ0n) is 39.3. The van der Waals surface area contributed by atoms with Gasteiger partial charge >= 0.3 is 0 Å². The van der Waals surface area contributed by atoms with Gasteiger partial charge in [-0.3, -0.25) is 4.99 Å². The van der Waals surface area contributed by atoms with Crippen LogP contribution in [0.25, 0.3) is 0 Å². The third kappa shape index (κ3) is 26.6. The highest BCUT2D eigenvalue weighted by atomic mass is 14.8. The van der Waals surface area contributed by atoms with Gasteiger partial charge in [0.15, 0.2) is 0 Å². The smallest absolute Gasteiger partial charge is 0.0816 e. The molecule has 0 aliphatic carbocycles. The molecule has 0 bridgehead atoms. The molecule has 0 saturated carbocycles. The van der Waals surface area contributed by atoms with Crippen LogP contribution in [0.5, 0.6) is 0 Å². The average Bonchev–Trinajstić information content (AvgIpc) is 3.23. The van der Waals surface area contributed by atoms with Gasteiger partial charge in [-0.25, -0.2) is 4.99 Å². The Bertz CT molecular complexity index is 1330. The fourth-order valence-corrected chi connectivity index (χ4v) is 8.59. The Morgan fingerprint density at radius 2 is 0.724 bits per heavy atom. The highest BCUT2D eigenvalue weighted by molar-refractivity contribution is 6.36. The van der Waals surface area contributed by atoms with E-state index in [4.69, 9.17) is 9.98 Å². The van der Waals surface area contributed by atoms with Crippen molar-refractivity contribution in [3.8, 4) is 0 Å². The normalized spacial score (nSPS) is 12.2. The maximum absolute atomic E-state index is 5.14. The molecule has 0 saturated heterocycles. The van der Waals surface area contributed by atoms with Crippen LogP contribution in [0.4, 0.5) is 11.4 Å². The summed E-state index contributed by atoms with van der Waals surface area (Å²) in [6, 6.07) is 13.6. The molecule has 328 valence electrons. The summed E-state index contributed by atoms with van der Waals surface area (Å²) in [6.07, 6.45) is 54.2. The van der Waals surface area contributed by atoms with Crippen molar-refractivity contribution in [2.45, 2.75) is 259 Å². The molecule has 2 nitrogen and oxygen atoms in total. The topological polar surface area (TPSA) is 24.7 Å². The fraction of sp³-hybridized carbons (Fsp3) is 0.714. The number of hydrogen-bond donors (Lipinski definition) is 0. The van der Waals surface area contributed by atoms with E-state index < -0.39 is 0 Å². The summed E-state index contributed by atoms with van der Waals surface area (Å²) >= 11 is 0. The molecule has 58 heavy (non-hydrogen) atoms. The number of unbranched alkanes of at least 4 members (excludes halogenated alkanes) is 26. The van der Waals surface area contributed by atoms with E-state index in [1.54, 1.807) is 0 Å². The Balaban J connectivity index is 1.62. The summed E-state index contributed by atoms with van der Waals surface area (Å²) in [5, 5.41) is 0. The van der Waals surface area contributed by atoms with Crippen LogP contribution < -0.4 is 0 Å². The molecule has 0 heterocycles. The van der Waals surface area contributed by atoms with Gasteiger partial charge in [-0.1, -0.05) is 239 Å². The van der Waals surface area contributed by atoms with E-state index in [1.807, 2.05) is 6.21 Å². The van der Waals surface area contributed by atoms with E-state index in [9.17, 15) is 0 Å². The molecule has 2 heteroatoms. The second-order valence-electron chi connectivity index (χ2n) is 17.7. The standard InChI is InChI=1S/C56H94N2/c1-6-11-12-13-14-15-16-17-18-19-20-21-22-23-24-25-26-27-28-29-30-31-32-33-34-35-36-37-42-56(58-55-46-44-51(39-8-3)53(48-55)41-10-5)49-57-54-45-43-50(38-7-2)52(47-54)40-9-4/h37,42-49H,6-36,38-41H2,1-5H3/b42-37+,57-49?,58-56?. The third-order valence-corrected chi connectivity index (χ3v) is 12.1. The van der Waals surface area contributed by atoms with Crippen LogP contribution >= 0.6 is 0 Å². The van der Waals surface area contributed by atoms with Gasteiger partial charge < -0.3 is 0 Å². The van der Waals surface area contributed by atoms with E-state index in [0.717, 1.165) is 62.0 Å². The van der Waals surface area contributed by atoms with Crippen molar-refractivity contribution in [1.82, 2.24) is 0 Å². The van der Waals surface area contributed by atoms with Gasteiger partial charge in [0.2, 0.25) is 0 Å². The maximum Gasteiger partial charge on any atom is 0.0816 e. The zero-order chi connectivity index (χ0) is 41.6. The number of benzene rings is 2. The molecule has 0 aromatic heterocycles. The third-order valence-electron chi connectivity index (χ3n) is 12.1. The van der Waals surface area contributed by atoms with Crippen molar-refractivity contribution in [3.63, 3.8) is 0 Å². The van der Waals surface area contributed by atoms with Crippen LogP contribution in [-0.2, 0) is 25.7 Å². The van der Waals surface area contributed by atoms with E-state index >= 15 is 0 Å². The molecule has 0 spiro atoms. The molecule has 0 atom stereocenters. The average molecular weight is 795 g/mol. The number of aliphatic imine (C=N–C) groups is 2. The van der Waals surface area contributed by atoms with Crippen molar-refractivity contribution in [2.24, 2.45) is 9.98 Å². The van der Waals surface area contributed by atoms with Crippen LogP contribution in [0.3, 0.4) is 0 Å². The fourth-order valence-electron chi connectivity index (χ4n) is 8.59. The summed E-state index contributed by atoms with van der Waals surface area (Å²) < 4.78 is 0. The molecule has 2 rings (SSSR count). The van der Waals surface area contributed by atoms with Gasteiger partial charge in [-0.2, -0.15) is 0 Å².